The van der Waals surface area contributed by atoms with Gasteiger partial charge in [-0.1, -0.05) is 88.3 Å². The van der Waals surface area contributed by atoms with Crippen molar-refractivity contribution in [3.8, 4) is 0 Å². The fraction of sp³-hybridized carbons (Fsp3) is 0.478. The molecule has 26 heavy (non-hydrogen) atoms. The number of unbranched alkanes of at least 4 members (excludes halogenated alkanes) is 7. The summed E-state index contributed by atoms with van der Waals surface area (Å²) in [5.74, 6) is 0.0103. The zero-order valence-corrected chi connectivity index (χ0v) is 16.3. The van der Waals surface area contributed by atoms with E-state index in [1.807, 2.05) is 25.1 Å². The molecular weight excluding hydrogens is 320 g/mol. The molecule has 0 bridgehead atoms. The van der Waals surface area contributed by atoms with E-state index in [2.05, 4.69) is 41.7 Å². The first-order valence-corrected chi connectivity index (χ1v) is 10.0. The highest BCUT2D eigenvalue weighted by atomic mass is 16.2. The molecule has 0 aromatic heterocycles. The molecule has 1 N–H and O–H groups in total. The van der Waals surface area contributed by atoms with Gasteiger partial charge < -0.3 is 0 Å². The van der Waals surface area contributed by atoms with Crippen molar-refractivity contribution in [1.29, 1.82) is 0 Å². The molecule has 0 heterocycles. The Morgan fingerprint density at radius 3 is 2.27 bits per heavy atom. The smallest absolute Gasteiger partial charge is 0.240 e. The summed E-state index contributed by atoms with van der Waals surface area (Å²) in [6, 6.07) is 14.5. The third-order valence-electron chi connectivity index (χ3n) is 4.77. The highest BCUT2D eigenvalue weighted by Crippen LogP contribution is 2.16. The fourth-order valence-corrected chi connectivity index (χ4v) is 3.10. The molecule has 0 unspecified atom stereocenters. The van der Waals surface area contributed by atoms with Gasteiger partial charge in [0.1, 0.15) is 0 Å². The summed E-state index contributed by atoms with van der Waals surface area (Å²) < 4.78 is 0. The fourth-order valence-electron chi connectivity index (χ4n) is 3.10. The van der Waals surface area contributed by atoms with E-state index >= 15 is 0 Å². The van der Waals surface area contributed by atoms with Gasteiger partial charge in [-0.05, 0) is 35.7 Å². The number of benzene rings is 2. The summed E-state index contributed by atoms with van der Waals surface area (Å²) in [6.45, 7) is 4.17. The number of hydrogen-bond donors (Lipinski definition) is 1. The summed E-state index contributed by atoms with van der Waals surface area (Å²) in [5, 5.41) is 6.66. The molecule has 3 heteroatoms. The molecule has 0 aliphatic carbocycles. The van der Waals surface area contributed by atoms with E-state index in [9.17, 15) is 4.79 Å². The largest absolute Gasteiger partial charge is 0.273 e. The van der Waals surface area contributed by atoms with E-state index in [-0.39, 0.29) is 5.91 Å². The van der Waals surface area contributed by atoms with Crippen molar-refractivity contribution in [3.63, 3.8) is 0 Å². The molecule has 0 saturated carbocycles. The maximum atomic E-state index is 11.9. The van der Waals surface area contributed by atoms with Crippen LogP contribution >= 0.6 is 0 Å². The average molecular weight is 353 g/mol. The summed E-state index contributed by atoms with van der Waals surface area (Å²) in [5.41, 5.74) is 4.57. The van der Waals surface area contributed by atoms with Gasteiger partial charge in [0.05, 0.1) is 5.71 Å². The third-order valence-corrected chi connectivity index (χ3v) is 4.77. The minimum absolute atomic E-state index is 0.0103. The molecule has 1 amide bonds. The van der Waals surface area contributed by atoms with Gasteiger partial charge in [-0.15, -0.1) is 0 Å². The Labute approximate surface area is 157 Å². The number of rotatable bonds is 11. The van der Waals surface area contributed by atoms with Gasteiger partial charge in [0.2, 0.25) is 5.91 Å². The summed E-state index contributed by atoms with van der Waals surface area (Å²) >= 11 is 0. The standard InChI is InChI=1S/C23H32N2O/c1-3-4-5-6-7-8-9-10-15-23(26)25-24-19(2)21-17-16-20-13-11-12-14-22(20)18-21/h11-14,16-18H,3-10,15H2,1-2H3,(H,25,26). The first kappa shape index (κ1) is 20.2. The molecule has 0 saturated heterocycles. The zero-order chi connectivity index (χ0) is 18.6. The van der Waals surface area contributed by atoms with E-state index in [1.54, 1.807) is 0 Å². The van der Waals surface area contributed by atoms with Gasteiger partial charge in [-0.3, -0.25) is 4.79 Å². The molecule has 2 aromatic rings. The average Bonchev–Trinajstić information content (AvgIpc) is 2.67. The van der Waals surface area contributed by atoms with E-state index in [0.29, 0.717) is 6.42 Å². The molecule has 2 rings (SSSR count). The number of carbonyl (C=O) groups is 1. The lowest BCUT2D eigenvalue weighted by molar-refractivity contribution is -0.121. The van der Waals surface area contributed by atoms with Crippen molar-refractivity contribution in [1.82, 2.24) is 5.43 Å². The Bertz CT molecular complexity index is 721. The van der Waals surface area contributed by atoms with Crippen LogP contribution in [0.2, 0.25) is 0 Å². The van der Waals surface area contributed by atoms with Crippen LogP contribution in [0.5, 0.6) is 0 Å². The Kier molecular flexibility index (Phi) is 8.88. The van der Waals surface area contributed by atoms with Gasteiger partial charge in [0.15, 0.2) is 0 Å². The van der Waals surface area contributed by atoms with Gasteiger partial charge in [0, 0.05) is 6.42 Å². The molecule has 0 fully saturated rings. The van der Waals surface area contributed by atoms with Crippen LogP contribution in [-0.4, -0.2) is 11.6 Å². The van der Waals surface area contributed by atoms with Crippen LogP contribution in [0, 0.1) is 0 Å². The van der Waals surface area contributed by atoms with Crippen molar-refractivity contribution < 1.29 is 4.79 Å². The molecule has 2 aromatic carbocycles. The van der Waals surface area contributed by atoms with Crippen LogP contribution in [0.1, 0.15) is 77.2 Å². The maximum Gasteiger partial charge on any atom is 0.240 e. The first-order chi connectivity index (χ1) is 12.7. The Morgan fingerprint density at radius 1 is 0.885 bits per heavy atom. The van der Waals surface area contributed by atoms with Crippen molar-refractivity contribution in [2.45, 2.75) is 71.6 Å². The van der Waals surface area contributed by atoms with E-state index in [1.165, 1.54) is 49.3 Å². The van der Waals surface area contributed by atoms with Crippen molar-refractivity contribution >= 4 is 22.4 Å². The molecule has 0 atom stereocenters. The molecule has 0 aliphatic heterocycles. The summed E-state index contributed by atoms with van der Waals surface area (Å²) in [7, 11) is 0. The number of carbonyl (C=O) groups excluding carboxylic acids is 1. The number of nitrogens with zero attached hydrogens (tertiary/aromatic N) is 1. The normalized spacial score (nSPS) is 11.7. The molecule has 3 nitrogen and oxygen atoms in total. The lowest BCUT2D eigenvalue weighted by Gasteiger charge is -2.05. The van der Waals surface area contributed by atoms with Crippen LogP contribution in [-0.2, 0) is 4.79 Å². The Morgan fingerprint density at radius 2 is 1.54 bits per heavy atom. The third kappa shape index (κ3) is 6.99. The van der Waals surface area contributed by atoms with E-state index < -0.39 is 0 Å². The van der Waals surface area contributed by atoms with Crippen LogP contribution in [0.4, 0.5) is 0 Å². The Hall–Kier alpha value is -2.16. The number of hydrogen-bond acceptors (Lipinski definition) is 2. The second-order valence-corrected chi connectivity index (χ2v) is 7.02. The van der Waals surface area contributed by atoms with Crippen molar-refractivity contribution in [2.75, 3.05) is 0 Å². The first-order valence-electron chi connectivity index (χ1n) is 10.0. The lowest BCUT2D eigenvalue weighted by Crippen LogP contribution is -2.18. The molecule has 0 radical (unpaired) electrons. The second kappa shape index (κ2) is 11.5. The highest BCUT2D eigenvalue weighted by Gasteiger charge is 2.03. The van der Waals surface area contributed by atoms with Gasteiger partial charge >= 0.3 is 0 Å². The lowest BCUT2D eigenvalue weighted by atomic mass is 10.0. The predicted octanol–water partition coefficient (Wildman–Crippen LogP) is 6.21. The Balaban J connectivity index is 1.69. The van der Waals surface area contributed by atoms with Gasteiger partial charge in [-0.2, -0.15) is 5.10 Å². The summed E-state index contributed by atoms with van der Waals surface area (Å²) in [6.07, 6.45) is 10.5. The van der Waals surface area contributed by atoms with Crippen LogP contribution < -0.4 is 5.43 Å². The van der Waals surface area contributed by atoms with E-state index in [0.717, 1.165) is 24.1 Å². The van der Waals surface area contributed by atoms with Crippen molar-refractivity contribution in [2.24, 2.45) is 5.10 Å². The second-order valence-electron chi connectivity index (χ2n) is 7.02. The van der Waals surface area contributed by atoms with Crippen LogP contribution in [0.3, 0.4) is 0 Å². The maximum absolute atomic E-state index is 11.9. The number of fused-ring (bicyclic) bond motifs is 1. The van der Waals surface area contributed by atoms with Gasteiger partial charge in [-0.25, -0.2) is 5.43 Å². The minimum Gasteiger partial charge on any atom is -0.273 e. The number of hydrazone groups is 1. The summed E-state index contributed by atoms with van der Waals surface area (Å²) in [4.78, 5) is 11.9. The van der Waals surface area contributed by atoms with Gasteiger partial charge in [0.25, 0.3) is 0 Å². The van der Waals surface area contributed by atoms with Crippen molar-refractivity contribution in [3.05, 3.63) is 48.0 Å². The SMILES string of the molecule is CCCCCCCCCCC(=O)NN=C(C)c1ccc2ccccc2c1. The van der Waals surface area contributed by atoms with E-state index in [4.69, 9.17) is 0 Å². The number of nitrogens with one attached hydrogen (secondary N) is 1. The van der Waals surface area contributed by atoms with Crippen LogP contribution in [0.25, 0.3) is 10.8 Å². The van der Waals surface area contributed by atoms with Crippen LogP contribution in [0.15, 0.2) is 47.6 Å². The molecular formula is C23H32N2O. The molecule has 0 spiro atoms. The monoisotopic (exact) mass is 352 g/mol. The number of amides is 1. The molecule has 140 valence electrons. The predicted molar refractivity (Wildman–Crippen MR) is 112 cm³/mol. The topological polar surface area (TPSA) is 41.5 Å². The highest BCUT2D eigenvalue weighted by molar-refractivity contribution is 6.02. The minimum atomic E-state index is 0.0103. The quantitative estimate of drug-likeness (QED) is 0.291. The zero-order valence-electron chi connectivity index (χ0n) is 16.3. The molecule has 0 aliphatic rings.